The Morgan fingerprint density at radius 2 is 2.03 bits per heavy atom. The standard InChI is InChI=1S/C23H25N5O2S/c1-26(2)13-14-28-21(20(25-23(28)31)18-9-3-4-11-24-18)19-10-6-12-27(19)17-8-5-7-16(15-17)22(29)30/h3-12,15,20-21H,13-14H2,1-2H3,(H,25,31)(H,29,30)/t20-,21-/m0/s1. The Bertz CT molecular complexity index is 1080. The lowest BCUT2D eigenvalue weighted by atomic mass is 10.0. The van der Waals surface area contributed by atoms with E-state index in [1.165, 1.54) is 0 Å². The Kier molecular flexibility index (Phi) is 6.01. The SMILES string of the molecule is CN(C)CCN1C(=S)N[C@@H](c2ccccn2)[C@@H]1c1cccn1-c1cccc(C(=O)O)c1. The molecule has 0 unspecified atom stereocenters. The molecule has 3 aromatic rings. The molecule has 0 amide bonds. The Morgan fingerprint density at radius 3 is 2.74 bits per heavy atom. The van der Waals surface area contributed by atoms with Crippen molar-refractivity contribution in [2.24, 2.45) is 0 Å². The van der Waals surface area contributed by atoms with Gasteiger partial charge in [0.2, 0.25) is 0 Å². The molecular weight excluding hydrogens is 410 g/mol. The van der Waals surface area contributed by atoms with E-state index in [2.05, 4.69) is 26.2 Å². The number of hydrogen-bond acceptors (Lipinski definition) is 4. The molecule has 1 saturated heterocycles. The smallest absolute Gasteiger partial charge is 0.335 e. The molecule has 0 saturated carbocycles. The molecule has 0 aliphatic carbocycles. The van der Waals surface area contributed by atoms with Gasteiger partial charge in [-0.25, -0.2) is 4.79 Å². The van der Waals surface area contributed by atoms with E-state index in [1.54, 1.807) is 24.4 Å². The van der Waals surface area contributed by atoms with E-state index >= 15 is 0 Å². The van der Waals surface area contributed by atoms with Crippen molar-refractivity contribution in [3.8, 4) is 5.69 Å². The van der Waals surface area contributed by atoms with Gasteiger partial charge in [-0.15, -0.1) is 0 Å². The molecule has 7 nitrogen and oxygen atoms in total. The monoisotopic (exact) mass is 435 g/mol. The predicted molar refractivity (Wildman–Crippen MR) is 123 cm³/mol. The fraction of sp³-hybridized carbons (Fsp3) is 0.261. The van der Waals surface area contributed by atoms with Crippen LogP contribution in [0, 0.1) is 0 Å². The zero-order valence-electron chi connectivity index (χ0n) is 17.5. The highest BCUT2D eigenvalue weighted by Gasteiger charge is 2.41. The summed E-state index contributed by atoms with van der Waals surface area (Å²) in [5, 5.41) is 13.6. The molecule has 0 radical (unpaired) electrons. The zero-order chi connectivity index (χ0) is 22.0. The van der Waals surface area contributed by atoms with E-state index in [1.807, 2.05) is 55.2 Å². The van der Waals surface area contributed by atoms with Crippen LogP contribution in [0.2, 0.25) is 0 Å². The molecule has 3 heterocycles. The van der Waals surface area contributed by atoms with Crippen molar-refractivity contribution in [2.75, 3.05) is 27.2 Å². The first-order valence-electron chi connectivity index (χ1n) is 10.1. The van der Waals surface area contributed by atoms with Gasteiger partial charge in [-0.1, -0.05) is 12.1 Å². The van der Waals surface area contributed by atoms with Crippen molar-refractivity contribution < 1.29 is 9.90 Å². The van der Waals surface area contributed by atoms with Crippen molar-refractivity contribution in [3.63, 3.8) is 0 Å². The molecule has 8 heteroatoms. The minimum absolute atomic E-state index is 0.0918. The number of carbonyl (C=O) groups is 1. The van der Waals surface area contributed by atoms with Crippen LogP contribution in [-0.2, 0) is 0 Å². The molecule has 2 atom stereocenters. The molecule has 0 bridgehead atoms. The number of thiocarbonyl (C=S) groups is 1. The van der Waals surface area contributed by atoms with Crippen molar-refractivity contribution in [2.45, 2.75) is 12.1 Å². The normalized spacial score (nSPS) is 18.4. The van der Waals surface area contributed by atoms with Gasteiger partial charge in [-0.3, -0.25) is 4.98 Å². The summed E-state index contributed by atoms with van der Waals surface area (Å²) in [5.41, 5.74) is 2.98. The van der Waals surface area contributed by atoms with Gasteiger partial charge in [0.25, 0.3) is 0 Å². The molecular formula is C23H25N5O2S. The summed E-state index contributed by atoms with van der Waals surface area (Å²) in [6.07, 6.45) is 3.74. The van der Waals surface area contributed by atoms with E-state index in [0.29, 0.717) is 5.11 Å². The van der Waals surface area contributed by atoms with Crippen LogP contribution in [0.15, 0.2) is 67.0 Å². The average molecular weight is 436 g/mol. The Labute approximate surface area is 186 Å². The number of rotatable bonds is 7. The highest BCUT2D eigenvalue weighted by atomic mass is 32.1. The van der Waals surface area contributed by atoms with Gasteiger partial charge in [0.15, 0.2) is 5.11 Å². The first kappa shape index (κ1) is 21.0. The molecule has 2 aromatic heterocycles. The molecule has 1 aliphatic rings. The van der Waals surface area contributed by atoms with Crippen LogP contribution in [0.4, 0.5) is 0 Å². The maximum absolute atomic E-state index is 11.5. The van der Waals surface area contributed by atoms with E-state index in [0.717, 1.165) is 30.2 Å². The lowest BCUT2D eigenvalue weighted by Crippen LogP contribution is -2.36. The third kappa shape index (κ3) is 4.30. The van der Waals surface area contributed by atoms with Gasteiger partial charge in [0, 0.05) is 36.9 Å². The highest BCUT2D eigenvalue weighted by molar-refractivity contribution is 7.80. The maximum atomic E-state index is 11.5. The summed E-state index contributed by atoms with van der Waals surface area (Å²) in [6, 6.07) is 16.7. The summed E-state index contributed by atoms with van der Waals surface area (Å²) in [4.78, 5) is 20.4. The summed E-state index contributed by atoms with van der Waals surface area (Å²) < 4.78 is 2.03. The van der Waals surface area contributed by atoms with E-state index in [9.17, 15) is 9.90 Å². The minimum atomic E-state index is -0.946. The van der Waals surface area contributed by atoms with Crippen molar-refractivity contribution in [1.29, 1.82) is 0 Å². The van der Waals surface area contributed by atoms with E-state index < -0.39 is 5.97 Å². The van der Waals surface area contributed by atoms with Crippen LogP contribution in [0.3, 0.4) is 0 Å². The lowest BCUT2D eigenvalue weighted by Gasteiger charge is -2.29. The Morgan fingerprint density at radius 1 is 1.19 bits per heavy atom. The Hall–Kier alpha value is -3.23. The first-order chi connectivity index (χ1) is 15.0. The van der Waals surface area contributed by atoms with Crippen LogP contribution in [0.1, 0.15) is 33.8 Å². The quantitative estimate of drug-likeness (QED) is 0.553. The van der Waals surface area contributed by atoms with Crippen molar-refractivity contribution >= 4 is 23.3 Å². The number of carboxylic acid groups (broad SMARTS) is 1. The molecule has 1 aliphatic heterocycles. The van der Waals surface area contributed by atoms with Gasteiger partial charge in [0.1, 0.15) is 0 Å². The summed E-state index contributed by atoms with van der Waals surface area (Å²) in [7, 11) is 4.08. The maximum Gasteiger partial charge on any atom is 0.335 e. The molecule has 160 valence electrons. The van der Waals surface area contributed by atoms with Gasteiger partial charge < -0.3 is 24.8 Å². The summed E-state index contributed by atoms with van der Waals surface area (Å²) in [6.45, 7) is 1.61. The largest absolute Gasteiger partial charge is 0.478 e. The van der Waals surface area contributed by atoms with E-state index in [-0.39, 0.29) is 17.6 Å². The van der Waals surface area contributed by atoms with Crippen LogP contribution in [0.5, 0.6) is 0 Å². The lowest BCUT2D eigenvalue weighted by molar-refractivity contribution is 0.0697. The minimum Gasteiger partial charge on any atom is -0.478 e. The van der Waals surface area contributed by atoms with E-state index in [4.69, 9.17) is 12.2 Å². The molecule has 1 fully saturated rings. The number of nitrogens with zero attached hydrogens (tertiary/aromatic N) is 4. The van der Waals surface area contributed by atoms with Crippen molar-refractivity contribution in [3.05, 3.63) is 83.9 Å². The molecule has 31 heavy (non-hydrogen) atoms. The van der Waals surface area contributed by atoms with Gasteiger partial charge in [0.05, 0.1) is 23.3 Å². The van der Waals surface area contributed by atoms with Gasteiger partial charge >= 0.3 is 5.97 Å². The van der Waals surface area contributed by atoms with Crippen molar-refractivity contribution in [1.82, 2.24) is 24.7 Å². The third-order valence-electron chi connectivity index (χ3n) is 5.44. The number of likely N-dealkylation sites (N-methyl/N-ethyl adjacent to an activating group) is 1. The average Bonchev–Trinajstić information content (AvgIpc) is 3.37. The van der Waals surface area contributed by atoms with Crippen LogP contribution >= 0.6 is 12.2 Å². The highest BCUT2D eigenvalue weighted by Crippen LogP contribution is 2.39. The molecule has 4 rings (SSSR count). The van der Waals surface area contributed by atoms with Gasteiger partial charge in [-0.2, -0.15) is 0 Å². The summed E-state index contributed by atoms with van der Waals surface area (Å²) >= 11 is 5.72. The van der Waals surface area contributed by atoms with Crippen LogP contribution in [-0.4, -0.2) is 62.7 Å². The Balaban J connectivity index is 1.79. The number of benzene rings is 1. The second kappa shape index (κ2) is 8.87. The fourth-order valence-electron chi connectivity index (χ4n) is 3.93. The second-order valence-corrected chi connectivity index (χ2v) is 8.17. The topological polar surface area (TPSA) is 73.6 Å². The number of pyridine rings is 1. The van der Waals surface area contributed by atoms with Gasteiger partial charge in [-0.05, 0) is 68.8 Å². The first-order valence-corrected chi connectivity index (χ1v) is 10.5. The van der Waals surface area contributed by atoms with Crippen LogP contribution < -0.4 is 5.32 Å². The number of aromatic carboxylic acids is 1. The molecule has 1 aromatic carbocycles. The summed E-state index contributed by atoms with van der Waals surface area (Å²) in [5.74, 6) is -0.946. The third-order valence-corrected chi connectivity index (χ3v) is 5.79. The molecule has 0 spiro atoms. The predicted octanol–water partition coefficient (Wildman–Crippen LogP) is 3.10. The number of aromatic nitrogens is 2. The number of nitrogens with one attached hydrogen (secondary N) is 1. The second-order valence-electron chi connectivity index (χ2n) is 7.78. The van der Waals surface area contributed by atoms with Crippen LogP contribution in [0.25, 0.3) is 5.69 Å². The molecule has 2 N–H and O–H groups in total. The zero-order valence-corrected chi connectivity index (χ0v) is 18.3. The number of carboxylic acids is 1. The number of hydrogen-bond donors (Lipinski definition) is 2. The fourth-order valence-corrected chi connectivity index (χ4v) is 4.27.